The van der Waals surface area contributed by atoms with Crippen LogP contribution < -0.4 is 10.6 Å². The maximum Gasteiger partial charge on any atom is 0.221 e. The summed E-state index contributed by atoms with van der Waals surface area (Å²) in [6.45, 7) is 15.1. The number of nitrogens with zero attached hydrogens (tertiary/aromatic N) is 2. The minimum atomic E-state index is -0.460. The quantitative estimate of drug-likeness (QED) is 0.152. The zero-order valence-corrected chi connectivity index (χ0v) is 32.4. The molecule has 4 atom stereocenters. The van der Waals surface area contributed by atoms with Crippen LogP contribution in [0.1, 0.15) is 118 Å². The molecular weight excluding hydrogens is 649 g/mol. The van der Waals surface area contributed by atoms with E-state index in [4.69, 9.17) is 9.98 Å². The summed E-state index contributed by atoms with van der Waals surface area (Å²) in [6, 6.07) is 16.2. The predicted octanol–water partition coefficient (Wildman–Crippen LogP) is 8.80. The molecule has 2 aliphatic heterocycles. The minimum absolute atomic E-state index is 0.0184. The van der Waals surface area contributed by atoms with Gasteiger partial charge in [0.15, 0.2) is 11.6 Å². The Morgan fingerprint density at radius 1 is 0.577 bits per heavy atom. The average molecular weight is 707 g/mol. The second kappa shape index (κ2) is 18.9. The molecule has 0 saturated heterocycles. The van der Waals surface area contributed by atoms with Crippen molar-refractivity contribution in [2.24, 2.45) is 33.7 Å². The number of benzene rings is 2. The number of aliphatic imine (C=N–C) groups is 2. The molecule has 0 saturated carbocycles. The van der Waals surface area contributed by atoms with Crippen molar-refractivity contribution in [1.82, 2.24) is 10.6 Å². The second-order valence-electron chi connectivity index (χ2n) is 15.2. The number of allylic oxidation sites excluding steroid dienone is 2. The van der Waals surface area contributed by atoms with Gasteiger partial charge in [-0.3, -0.25) is 29.2 Å². The van der Waals surface area contributed by atoms with Crippen molar-refractivity contribution in [3.8, 4) is 11.1 Å². The van der Waals surface area contributed by atoms with Crippen LogP contribution >= 0.6 is 0 Å². The van der Waals surface area contributed by atoms with Gasteiger partial charge >= 0.3 is 0 Å². The van der Waals surface area contributed by atoms with Crippen LogP contribution in [-0.4, -0.2) is 46.9 Å². The van der Waals surface area contributed by atoms with Gasteiger partial charge in [-0.2, -0.15) is 0 Å². The molecule has 2 aromatic rings. The van der Waals surface area contributed by atoms with E-state index in [9.17, 15) is 19.2 Å². The molecule has 278 valence electrons. The molecule has 2 amide bonds. The Kier molecular flexibility index (Phi) is 14.6. The number of nitrogens with one attached hydrogen (secondary N) is 2. The van der Waals surface area contributed by atoms with Crippen molar-refractivity contribution in [2.75, 3.05) is 0 Å². The fraction of sp³-hybridized carbons (Fsp3) is 0.500. The smallest absolute Gasteiger partial charge is 0.221 e. The molecule has 2 aliphatic rings. The summed E-state index contributed by atoms with van der Waals surface area (Å²) in [4.78, 5) is 59.4. The van der Waals surface area contributed by atoms with E-state index in [1.54, 1.807) is 0 Å². The van der Waals surface area contributed by atoms with Gasteiger partial charge in [-0.05, 0) is 71.9 Å². The Balaban J connectivity index is 1.33. The lowest BCUT2D eigenvalue weighted by atomic mass is 9.88. The predicted molar refractivity (Wildman–Crippen MR) is 213 cm³/mol. The van der Waals surface area contributed by atoms with E-state index in [-0.39, 0.29) is 47.1 Å². The lowest BCUT2D eigenvalue weighted by Crippen LogP contribution is -2.44. The van der Waals surface area contributed by atoms with Crippen LogP contribution in [0.15, 0.2) is 70.9 Å². The number of rotatable bonds is 19. The van der Waals surface area contributed by atoms with Crippen LogP contribution in [0.3, 0.4) is 0 Å². The van der Waals surface area contributed by atoms with Crippen LogP contribution in [0.4, 0.5) is 0 Å². The van der Waals surface area contributed by atoms with Gasteiger partial charge in [0.25, 0.3) is 0 Å². The molecule has 0 unspecified atom stereocenters. The molecule has 0 fully saturated rings. The Hall–Kier alpha value is -4.46. The number of carbonyl (C=O) groups excluding carboxylic acids is 4. The highest BCUT2D eigenvalue weighted by Crippen LogP contribution is 2.33. The number of carbonyl (C=O) groups is 4. The zero-order valence-electron chi connectivity index (χ0n) is 32.4. The van der Waals surface area contributed by atoms with E-state index in [2.05, 4.69) is 73.0 Å². The Morgan fingerprint density at radius 3 is 1.19 bits per heavy atom. The summed E-state index contributed by atoms with van der Waals surface area (Å²) < 4.78 is 0. The molecule has 0 spiro atoms. The first-order chi connectivity index (χ1) is 24.8. The van der Waals surface area contributed by atoms with E-state index in [1.807, 2.05) is 40.1 Å². The van der Waals surface area contributed by atoms with Gasteiger partial charge in [0.05, 0.1) is 12.1 Å². The maximum absolute atomic E-state index is 12.9. The standard InChI is InChI=1S/C44H58N4O4/c1-9-11-35(23-41(51)47-43(27(3)4)29(7)49)39-21-37(25-45-39)33-17-13-31(14-18-33)32-15-19-34(20-16-32)38-22-40(46-26-38)36(12-10-2)24-42(52)48-44(28(5)6)30(8)50/h13-20,25-28,35-36,43-44H,9-12,21-24H2,1-8H3,(H,47,51)(H,48,52)/t35-,36-,43+,44+/m1/s1. The van der Waals surface area contributed by atoms with Crippen molar-refractivity contribution in [1.29, 1.82) is 0 Å². The highest BCUT2D eigenvalue weighted by atomic mass is 16.2. The van der Waals surface area contributed by atoms with E-state index in [0.29, 0.717) is 25.7 Å². The lowest BCUT2D eigenvalue weighted by Gasteiger charge is -2.22. The molecule has 0 bridgehead atoms. The summed E-state index contributed by atoms with van der Waals surface area (Å²) in [5.41, 5.74) is 8.82. The number of ketones is 2. The first-order valence-corrected chi connectivity index (χ1v) is 19.1. The van der Waals surface area contributed by atoms with Crippen LogP contribution in [-0.2, 0) is 19.2 Å². The number of hydrogen-bond acceptors (Lipinski definition) is 6. The lowest BCUT2D eigenvalue weighted by molar-refractivity contribution is -0.128. The second-order valence-corrected chi connectivity index (χ2v) is 15.2. The monoisotopic (exact) mass is 706 g/mol. The normalized spacial score (nSPS) is 16.4. The van der Waals surface area contributed by atoms with Gasteiger partial charge in [0.1, 0.15) is 0 Å². The molecule has 0 aromatic heterocycles. The highest BCUT2D eigenvalue weighted by molar-refractivity contribution is 6.02. The van der Waals surface area contributed by atoms with Gasteiger partial charge in [0.2, 0.25) is 11.8 Å². The third-order valence-electron chi connectivity index (χ3n) is 10.3. The fourth-order valence-electron chi connectivity index (χ4n) is 7.36. The molecule has 8 nitrogen and oxygen atoms in total. The maximum atomic E-state index is 12.9. The first-order valence-electron chi connectivity index (χ1n) is 19.1. The van der Waals surface area contributed by atoms with Crippen LogP contribution in [0, 0.1) is 23.7 Å². The fourth-order valence-corrected chi connectivity index (χ4v) is 7.36. The Bertz CT molecular complexity index is 1590. The molecule has 8 heteroatoms. The van der Waals surface area contributed by atoms with Crippen molar-refractivity contribution in [3.05, 3.63) is 72.1 Å². The van der Waals surface area contributed by atoms with Crippen molar-refractivity contribution in [3.63, 3.8) is 0 Å². The largest absolute Gasteiger partial charge is 0.346 e. The molecule has 2 heterocycles. The van der Waals surface area contributed by atoms with Crippen LogP contribution in [0.5, 0.6) is 0 Å². The molecule has 2 aromatic carbocycles. The summed E-state index contributed by atoms with van der Waals surface area (Å²) in [7, 11) is 0. The summed E-state index contributed by atoms with van der Waals surface area (Å²) in [5, 5.41) is 5.90. The van der Waals surface area contributed by atoms with Crippen molar-refractivity contribution >= 4 is 46.0 Å². The molecule has 0 aliphatic carbocycles. The van der Waals surface area contributed by atoms with E-state index < -0.39 is 12.1 Å². The van der Waals surface area contributed by atoms with Gasteiger partial charge in [0, 0.05) is 61.3 Å². The Morgan fingerprint density at radius 2 is 0.904 bits per heavy atom. The summed E-state index contributed by atoms with van der Waals surface area (Å²) in [6.07, 6.45) is 9.61. The van der Waals surface area contributed by atoms with Crippen molar-refractivity contribution < 1.29 is 19.2 Å². The van der Waals surface area contributed by atoms with Crippen LogP contribution in [0.25, 0.3) is 22.3 Å². The topological polar surface area (TPSA) is 117 Å². The Labute approximate surface area is 310 Å². The first kappa shape index (κ1) is 40.3. The molecule has 0 radical (unpaired) electrons. The third kappa shape index (κ3) is 10.8. The van der Waals surface area contributed by atoms with E-state index in [0.717, 1.165) is 70.5 Å². The van der Waals surface area contributed by atoms with E-state index in [1.165, 1.54) is 13.8 Å². The van der Waals surface area contributed by atoms with Gasteiger partial charge in [-0.1, -0.05) is 103 Å². The summed E-state index contributed by atoms with van der Waals surface area (Å²) in [5.74, 6) is -0.0468. The van der Waals surface area contributed by atoms with Crippen LogP contribution in [0.2, 0.25) is 0 Å². The van der Waals surface area contributed by atoms with Gasteiger partial charge in [-0.25, -0.2) is 0 Å². The van der Waals surface area contributed by atoms with Crippen molar-refractivity contribution in [2.45, 2.75) is 119 Å². The third-order valence-corrected chi connectivity index (χ3v) is 10.3. The minimum Gasteiger partial charge on any atom is -0.346 e. The molecular formula is C44H58N4O4. The molecule has 4 rings (SSSR count). The number of Topliss-reactive ketones (excluding diaryl/α,β-unsaturated/α-hetero) is 2. The molecule has 2 N–H and O–H groups in total. The molecule has 52 heavy (non-hydrogen) atoms. The average Bonchev–Trinajstić information content (AvgIpc) is 3.80. The summed E-state index contributed by atoms with van der Waals surface area (Å²) >= 11 is 0. The van der Waals surface area contributed by atoms with Gasteiger partial charge < -0.3 is 10.6 Å². The highest BCUT2D eigenvalue weighted by Gasteiger charge is 2.28. The SMILES string of the molecule is CCC[C@H](CC(=O)N[C@H](C(C)=O)C(C)C)C1=NC=C(c2ccc(-c3ccc(C4=CN=C([C@H](CCC)CC(=O)N[C@H](C(C)=O)C(C)C)C4)cc3)cc2)C1. The number of hydrogen-bond donors (Lipinski definition) is 2. The zero-order chi connectivity index (χ0) is 37.9. The number of amides is 2. The van der Waals surface area contributed by atoms with E-state index >= 15 is 0 Å². The van der Waals surface area contributed by atoms with Gasteiger partial charge in [-0.15, -0.1) is 0 Å².